The Morgan fingerprint density at radius 3 is 1.85 bits per heavy atom. The summed E-state index contributed by atoms with van der Waals surface area (Å²) in [5.41, 5.74) is -1.58. The van der Waals surface area contributed by atoms with Gasteiger partial charge in [-0.3, -0.25) is 4.79 Å². The molecule has 1 aliphatic rings. The van der Waals surface area contributed by atoms with Crippen LogP contribution in [0.25, 0.3) is 0 Å². The molecule has 0 aliphatic carbocycles. The number of methoxy groups -OCH3 is 1. The Kier molecular flexibility index (Phi) is 4.59. The SMILES string of the molecule is COC1=C(P(=O)(c2ccccc2)c2ccccc2)C(=O)OC1(C)C(C)=O. The second-order valence-electron chi connectivity index (χ2n) is 6.14. The molecule has 0 amide bonds. The summed E-state index contributed by atoms with van der Waals surface area (Å²) < 4.78 is 25.1. The Bertz CT molecular complexity index is 890. The fourth-order valence-corrected chi connectivity index (χ4v) is 5.97. The van der Waals surface area contributed by atoms with Crippen molar-refractivity contribution in [1.29, 1.82) is 0 Å². The van der Waals surface area contributed by atoms with Gasteiger partial charge in [0.25, 0.3) is 0 Å². The molecule has 2 aromatic carbocycles. The van der Waals surface area contributed by atoms with Crippen molar-refractivity contribution in [2.45, 2.75) is 19.4 Å². The molecule has 26 heavy (non-hydrogen) atoms. The summed E-state index contributed by atoms with van der Waals surface area (Å²) in [4.78, 5) is 24.9. The number of ketones is 1. The van der Waals surface area contributed by atoms with Crippen LogP contribution >= 0.6 is 7.14 Å². The van der Waals surface area contributed by atoms with Gasteiger partial charge in [-0.1, -0.05) is 60.7 Å². The van der Waals surface area contributed by atoms with Gasteiger partial charge in [0, 0.05) is 10.6 Å². The molecule has 0 N–H and O–H groups in total. The van der Waals surface area contributed by atoms with Crippen molar-refractivity contribution < 1.29 is 23.6 Å². The molecular weight excluding hydrogens is 351 g/mol. The van der Waals surface area contributed by atoms with Gasteiger partial charge < -0.3 is 14.0 Å². The minimum atomic E-state index is -3.59. The van der Waals surface area contributed by atoms with Gasteiger partial charge in [-0.05, 0) is 13.8 Å². The molecule has 0 fully saturated rings. The normalized spacial score (nSPS) is 20.0. The van der Waals surface area contributed by atoms with E-state index >= 15 is 0 Å². The number of esters is 1. The smallest absolute Gasteiger partial charge is 0.347 e. The van der Waals surface area contributed by atoms with Gasteiger partial charge in [-0.2, -0.15) is 0 Å². The van der Waals surface area contributed by atoms with E-state index < -0.39 is 24.5 Å². The number of hydrogen-bond acceptors (Lipinski definition) is 5. The van der Waals surface area contributed by atoms with Gasteiger partial charge in [0.1, 0.15) is 5.31 Å². The van der Waals surface area contributed by atoms with E-state index in [0.717, 1.165) is 0 Å². The molecule has 1 unspecified atom stereocenters. The molecule has 0 saturated heterocycles. The standard InChI is InChI=1S/C20H19O5P/c1-14(21)20(2)18(24-3)17(19(22)25-20)26(23,15-10-6-4-7-11-15)16-12-8-5-9-13-16/h4-13H,1-3H3. The second kappa shape index (κ2) is 6.58. The highest BCUT2D eigenvalue weighted by Gasteiger charge is 2.55. The number of rotatable bonds is 5. The third-order valence-electron chi connectivity index (χ3n) is 4.57. The van der Waals surface area contributed by atoms with Crippen LogP contribution in [0.1, 0.15) is 13.8 Å². The molecule has 2 aromatic rings. The number of Topliss-reactive ketones (excluding diaryl/α,β-unsaturated/α-hetero) is 1. The van der Waals surface area contributed by atoms with Gasteiger partial charge in [-0.15, -0.1) is 0 Å². The van der Waals surface area contributed by atoms with Crippen LogP contribution in [-0.4, -0.2) is 24.5 Å². The average Bonchev–Trinajstić information content (AvgIpc) is 2.94. The van der Waals surface area contributed by atoms with E-state index in [1.54, 1.807) is 60.7 Å². The molecule has 6 heteroatoms. The van der Waals surface area contributed by atoms with Gasteiger partial charge in [0.05, 0.1) is 7.11 Å². The highest BCUT2D eigenvalue weighted by molar-refractivity contribution is 7.83. The van der Waals surface area contributed by atoms with Crippen LogP contribution in [0.3, 0.4) is 0 Å². The van der Waals surface area contributed by atoms with Gasteiger partial charge in [-0.25, -0.2) is 4.79 Å². The molecule has 0 aromatic heterocycles. The minimum Gasteiger partial charge on any atom is -0.495 e. The van der Waals surface area contributed by atoms with E-state index in [2.05, 4.69) is 0 Å². The summed E-state index contributed by atoms with van der Waals surface area (Å²) in [7, 11) is -2.25. The monoisotopic (exact) mass is 370 g/mol. The van der Waals surface area contributed by atoms with Crippen LogP contribution in [0, 0.1) is 0 Å². The summed E-state index contributed by atoms with van der Waals surface area (Å²) in [6, 6.07) is 17.4. The Hall–Kier alpha value is -2.65. The topological polar surface area (TPSA) is 69.7 Å². The lowest BCUT2D eigenvalue weighted by atomic mass is 10.0. The Morgan fingerprint density at radius 2 is 1.46 bits per heavy atom. The lowest BCUT2D eigenvalue weighted by Crippen LogP contribution is -2.36. The van der Waals surface area contributed by atoms with E-state index in [9.17, 15) is 14.2 Å². The number of carbonyl (C=O) groups is 2. The van der Waals surface area contributed by atoms with Gasteiger partial charge in [0.15, 0.2) is 18.7 Å². The van der Waals surface area contributed by atoms with Crippen molar-refractivity contribution in [2.24, 2.45) is 0 Å². The van der Waals surface area contributed by atoms with Crippen molar-refractivity contribution >= 4 is 29.5 Å². The number of hydrogen-bond donors (Lipinski definition) is 0. The fourth-order valence-electron chi connectivity index (χ4n) is 3.08. The molecule has 5 nitrogen and oxygen atoms in total. The molecule has 1 heterocycles. The van der Waals surface area contributed by atoms with Crippen molar-refractivity contribution in [2.75, 3.05) is 7.11 Å². The maximum absolute atomic E-state index is 14.4. The third kappa shape index (κ3) is 2.60. The fraction of sp³-hybridized carbons (Fsp3) is 0.200. The molecular formula is C20H19O5P. The lowest BCUT2D eigenvalue weighted by Gasteiger charge is -2.23. The number of cyclic esters (lactones) is 1. The van der Waals surface area contributed by atoms with Crippen molar-refractivity contribution in [1.82, 2.24) is 0 Å². The quantitative estimate of drug-likeness (QED) is 0.598. The highest BCUT2D eigenvalue weighted by atomic mass is 31.2. The first-order valence-electron chi connectivity index (χ1n) is 8.10. The van der Waals surface area contributed by atoms with E-state index in [0.29, 0.717) is 10.6 Å². The van der Waals surface area contributed by atoms with Crippen molar-refractivity contribution in [3.05, 3.63) is 71.7 Å². The zero-order valence-electron chi connectivity index (χ0n) is 14.8. The van der Waals surface area contributed by atoms with Gasteiger partial charge in [0.2, 0.25) is 5.60 Å². The zero-order valence-corrected chi connectivity index (χ0v) is 15.7. The van der Waals surface area contributed by atoms with E-state index in [-0.39, 0.29) is 11.1 Å². The first-order valence-corrected chi connectivity index (χ1v) is 9.81. The number of benzene rings is 2. The molecule has 134 valence electrons. The summed E-state index contributed by atoms with van der Waals surface area (Å²) >= 11 is 0. The van der Waals surface area contributed by atoms with Crippen LogP contribution in [0.5, 0.6) is 0 Å². The Morgan fingerprint density at radius 1 is 1.00 bits per heavy atom. The van der Waals surface area contributed by atoms with Crippen molar-refractivity contribution in [3.63, 3.8) is 0 Å². The molecule has 0 bridgehead atoms. The van der Waals surface area contributed by atoms with E-state index in [4.69, 9.17) is 9.47 Å². The van der Waals surface area contributed by atoms with Crippen LogP contribution in [0.4, 0.5) is 0 Å². The average molecular weight is 370 g/mol. The third-order valence-corrected chi connectivity index (χ3v) is 7.64. The summed E-state index contributed by atoms with van der Waals surface area (Å²) in [5, 5.41) is 0.858. The highest BCUT2D eigenvalue weighted by Crippen LogP contribution is 2.57. The molecule has 0 saturated carbocycles. The Labute approximate surface area is 152 Å². The van der Waals surface area contributed by atoms with E-state index in [1.807, 2.05) is 0 Å². The largest absolute Gasteiger partial charge is 0.495 e. The molecule has 1 aliphatic heterocycles. The first-order chi connectivity index (χ1) is 12.4. The predicted molar refractivity (Wildman–Crippen MR) is 99.0 cm³/mol. The molecule has 0 spiro atoms. The Balaban J connectivity index is 2.38. The molecule has 3 rings (SSSR count). The minimum absolute atomic E-state index is 0.00559. The number of ether oxygens (including phenoxy) is 2. The van der Waals surface area contributed by atoms with Crippen LogP contribution < -0.4 is 10.6 Å². The lowest BCUT2D eigenvalue weighted by molar-refractivity contribution is -0.155. The summed E-state index contributed by atoms with van der Waals surface area (Å²) in [6.07, 6.45) is 0. The number of carbonyl (C=O) groups excluding carboxylic acids is 2. The maximum atomic E-state index is 14.4. The van der Waals surface area contributed by atoms with E-state index in [1.165, 1.54) is 21.0 Å². The van der Waals surface area contributed by atoms with Crippen LogP contribution in [-0.2, 0) is 23.6 Å². The summed E-state index contributed by atoms with van der Waals surface area (Å²) in [6.45, 7) is 2.77. The van der Waals surface area contributed by atoms with Crippen LogP contribution in [0.15, 0.2) is 71.7 Å². The molecule has 1 atom stereocenters. The maximum Gasteiger partial charge on any atom is 0.347 e. The van der Waals surface area contributed by atoms with Gasteiger partial charge >= 0.3 is 5.97 Å². The zero-order chi connectivity index (χ0) is 18.9. The molecule has 0 radical (unpaired) electrons. The van der Waals surface area contributed by atoms with Crippen molar-refractivity contribution in [3.8, 4) is 0 Å². The second-order valence-corrected chi connectivity index (χ2v) is 8.84. The first kappa shape index (κ1) is 18.2. The van der Waals surface area contributed by atoms with Crippen LogP contribution in [0.2, 0.25) is 0 Å². The predicted octanol–water partition coefficient (Wildman–Crippen LogP) is 2.76. The summed E-state index contributed by atoms with van der Waals surface area (Å²) in [5.74, 6) is -1.19.